The van der Waals surface area contributed by atoms with Crippen molar-refractivity contribution in [2.45, 2.75) is 19.9 Å². The molecular weight excluding hydrogens is 482 g/mol. The zero-order valence-corrected chi connectivity index (χ0v) is 20.3. The van der Waals surface area contributed by atoms with E-state index in [9.17, 15) is 4.79 Å². The highest BCUT2D eigenvalue weighted by atomic mass is 35.5. The second kappa shape index (κ2) is 8.44. The number of hydrogen-bond donors (Lipinski definition) is 1. The number of hydrogen-bond acceptors (Lipinski definition) is 7. The summed E-state index contributed by atoms with van der Waals surface area (Å²) in [6, 6.07) is 13.4. The number of allylic oxidation sites excluding steroid dienone is 1. The van der Waals surface area contributed by atoms with Crippen LogP contribution >= 0.6 is 22.9 Å². The van der Waals surface area contributed by atoms with E-state index in [1.807, 2.05) is 41.8 Å². The predicted molar refractivity (Wildman–Crippen MR) is 141 cm³/mol. The third kappa shape index (κ3) is 4.02. The summed E-state index contributed by atoms with van der Waals surface area (Å²) in [5.41, 5.74) is 12.1. The van der Waals surface area contributed by atoms with Gasteiger partial charge in [0.05, 0.1) is 24.1 Å². The molecule has 1 aliphatic rings. The van der Waals surface area contributed by atoms with Crippen molar-refractivity contribution in [3.63, 3.8) is 0 Å². The number of aromatic nitrogens is 5. The van der Waals surface area contributed by atoms with Crippen LogP contribution < -0.4 is 11.3 Å². The zero-order valence-electron chi connectivity index (χ0n) is 18.8. The highest BCUT2D eigenvalue weighted by molar-refractivity contribution is 7.19. The van der Waals surface area contributed by atoms with E-state index < -0.39 is 0 Å². The molecule has 1 aliphatic heterocycles. The Balaban J connectivity index is 1.29. The SMILES string of the molecule is Cc1cc(N)n2nc(C3=NCC(c4cc5c(s4)c(=O)ncn5Cc4ccc(Cl)cc4)=CC3)cc2n1. The number of dihydropyridines is 1. The van der Waals surface area contributed by atoms with Crippen molar-refractivity contribution in [1.29, 1.82) is 0 Å². The second-order valence-corrected chi connectivity index (χ2v) is 9.94. The number of anilines is 1. The number of aliphatic imine (C=N–C) groups is 1. The van der Waals surface area contributed by atoms with Crippen LogP contribution in [0.25, 0.3) is 21.4 Å². The van der Waals surface area contributed by atoms with Gasteiger partial charge in [0.2, 0.25) is 0 Å². The average molecular weight is 502 g/mol. The maximum Gasteiger partial charge on any atom is 0.290 e. The molecule has 35 heavy (non-hydrogen) atoms. The third-order valence-corrected chi connectivity index (χ3v) is 7.41. The lowest BCUT2D eigenvalue weighted by atomic mass is 10.1. The van der Waals surface area contributed by atoms with Crippen LogP contribution in [-0.4, -0.2) is 36.4 Å². The fraction of sp³-hybridized carbons (Fsp3) is 0.160. The Labute approximate surface area is 209 Å². The number of halogens is 1. The Morgan fingerprint density at radius 1 is 1.17 bits per heavy atom. The molecule has 1 aromatic carbocycles. The summed E-state index contributed by atoms with van der Waals surface area (Å²) >= 11 is 7.47. The van der Waals surface area contributed by atoms with E-state index in [1.54, 1.807) is 16.9 Å². The molecule has 0 fully saturated rings. The first kappa shape index (κ1) is 21.7. The molecule has 5 aromatic rings. The van der Waals surface area contributed by atoms with Gasteiger partial charge in [0.15, 0.2) is 5.65 Å². The topological polar surface area (TPSA) is 103 Å². The monoisotopic (exact) mass is 501 g/mol. The maximum atomic E-state index is 12.5. The molecule has 0 bridgehead atoms. The Morgan fingerprint density at radius 3 is 2.77 bits per heavy atom. The fourth-order valence-corrected chi connectivity index (χ4v) is 5.44. The minimum atomic E-state index is -0.214. The number of benzene rings is 1. The molecule has 6 rings (SSSR count). The first-order valence-corrected chi connectivity index (χ1v) is 12.2. The smallest absolute Gasteiger partial charge is 0.290 e. The lowest BCUT2D eigenvalue weighted by Crippen LogP contribution is -2.11. The van der Waals surface area contributed by atoms with Crippen molar-refractivity contribution >= 4 is 55.9 Å². The first-order chi connectivity index (χ1) is 16.9. The van der Waals surface area contributed by atoms with E-state index in [0.29, 0.717) is 40.7 Å². The summed E-state index contributed by atoms with van der Waals surface area (Å²) < 4.78 is 4.27. The number of thiophene rings is 1. The van der Waals surface area contributed by atoms with Crippen LogP contribution in [0.4, 0.5) is 5.82 Å². The number of fused-ring (bicyclic) bond motifs is 2. The van der Waals surface area contributed by atoms with Gasteiger partial charge in [0, 0.05) is 40.7 Å². The van der Waals surface area contributed by atoms with E-state index in [-0.39, 0.29) is 5.56 Å². The number of nitrogens with two attached hydrogens (primary N) is 1. The number of aryl methyl sites for hydroxylation is 1. The van der Waals surface area contributed by atoms with Crippen molar-refractivity contribution in [3.05, 3.63) is 92.1 Å². The van der Waals surface area contributed by atoms with Gasteiger partial charge in [-0.2, -0.15) is 14.6 Å². The van der Waals surface area contributed by atoms with Crippen molar-refractivity contribution in [1.82, 2.24) is 24.1 Å². The molecular formula is C25H20ClN7OS. The van der Waals surface area contributed by atoms with E-state index >= 15 is 0 Å². The molecule has 10 heteroatoms. The van der Waals surface area contributed by atoms with Gasteiger partial charge >= 0.3 is 0 Å². The highest BCUT2D eigenvalue weighted by Crippen LogP contribution is 2.31. The molecule has 0 radical (unpaired) electrons. The van der Waals surface area contributed by atoms with E-state index in [4.69, 9.17) is 22.3 Å². The van der Waals surface area contributed by atoms with Crippen LogP contribution in [0.15, 0.2) is 64.7 Å². The van der Waals surface area contributed by atoms with Gasteiger partial charge in [0.25, 0.3) is 5.56 Å². The maximum absolute atomic E-state index is 12.5. The van der Waals surface area contributed by atoms with Gasteiger partial charge in [0.1, 0.15) is 16.2 Å². The molecule has 2 N–H and O–H groups in total. The number of rotatable bonds is 4. The molecule has 0 spiro atoms. The predicted octanol–water partition coefficient (Wildman–Crippen LogP) is 4.37. The van der Waals surface area contributed by atoms with Crippen molar-refractivity contribution in [2.24, 2.45) is 4.99 Å². The molecule has 0 saturated carbocycles. The molecule has 4 aromatic heterocycles. The molecule has 5 heterocycles. The summed E-state index contributed by atoms with van der Waals surface area (Å²) in [7, 11) is 0. The standard InChI is InChI=1S/C25H20ClN7OS/c1-14-8-22(27)33-23(30-14)9-19(31-33)18-7-4-16(11-28-18)21-10-20-24(35-21)25(34)29-13-32(20)12-15-2-5-17(26)6-3-15/h2-6,8-10,13H,7,11-12,27H2,1H3. The minimum Gasteiger partial charge on any atom is -0.384 e. The number of nitrogen functional groups attached to an aromatic ring is 1. The molecule has 8 nitrogen and oxygen atoms in total. The van der Waals surface area contributed by atoms with E-state index in [1.165, 1.54) is 11.3 Å². The van der Waals surface area contributed by atoms with Crippen molar-refractivity contribution in [2.75, 3.05) is 12.3 Å². The average Bonchev–Trinajstić information content (AvgIpc) is 3.48. The van der Waals surface area contributed by atoms with Gasteiger partial charge < -0.3 is 10.3 Å². The summed E-state index contributed by atoms with van der Waals surface area (Å²) in [6.45, 7) is 3.02. The van der Waals surface area contributed by atoms with E-state index in [2.05, 4.69) is 27.2 Å². The third-order valence-electron chi connectivity index (χ3n) is 5.97. The van der Waals surface area contributed by atoms with Gasteiger partial charge in [-0.25, -0.2) is 4.98 Å². The summed E-state index contributed by atoms with van der Waals surface area (Å²) in [4.78, 5) is 26.9. The lowest BCUT2D eigenvalue weighted by Gasteiger charge is -2.10. The van der Waals surface area contributed by atoms with Crippen LogP contribution in [0.3, 0.4) is 0 Å². The Morgan fingerprint density at radius 2 is 2.00 bits per heavy atom. The Bertz CT molecular complexity index is 1730. The summed E-state index contributed by atoms with van der Waals surface area (Å²) in [5, 5.41) is 5.28. The van der Waals surface area contributed by atoms with Crippen LogP contribution in [-0.2, 0) is 6.54 Å². The van der Waals surface area contributed by atoms with E-state index in [0.717, 1.165) is 38.6 Å². The Hall–Kier alpha value is -3.82. The van der Waals surface area contributed by atoms with Gasteiger partial charge in [-0.3, -0.25) is 9.79 Å². The zero-order chi connectivity index (χ0) is 24.1. The molecule has 0 amide bonds. The van der Waals surface area contributed by atoms with Gasteiger partial charge in [-0.05, 0) is 36.3 Å². The van der Waals surface area contributed by atoms with Crippen LogP contribution in [0.5, 0.6) is 0 Å². The highest BCUT2D eigenvalue weighted by Gasteiger charge is 2.18. The largest absolute Gasteiger partial charge is 0.384 e. The van der Waals surface area contributed by atoms with Gasteiger partial charge in [-0.15, -0.1) is 11.3 Å². The quantitative estimate of drug-likeness (QED) is 0.394. The lowest BCUT2D eigenvalue weighted by molar-refractivity contribution is 0.799. The van der Waals surface area contributed by atoms with Gasteiger partial charge in [-0.1, -0.05) is 29.8 Å². The molecule has 0 atom stereocenters. The normalized spacial score (nSPS) is 13.9. The van der Waals surface area contributed by atoms with Crippen LogP contribution in [0.1, 0.15) is 28.2 Å². The molecule has 0 aliphatic carbocycles. The van der Waals surface area contributed by atoms with Crippen LogP contribution in [0, 0.1) is 6.92 Å². The summed E-state index contributed by atoms with van der Waals surface area (Å²) in [5.74, 6) is 0.547. The first-order valence-electron chi connectivity index (χ1n) is 11.0. The molecule has 0 saturated heterocycles. The number of nitrogens with zero attached hydrogens (tertiary/aromatic N) is 6. The van der Waals surface area contributed by atoms with Crippen molar-refractivity contribution < 1.29 is 0 Å². The molecule has 174 valence electrons. The Kier molecular flexibility index (Phi) is 5.23. The van der Waals surface area contributed by atoms with Crippen LogP contribution in [0.2, 0.25) is 5.02 Å². The minimum absolute atomic E-state index is 0.214. The summed E-state index contributed by atoms with van der Waals surface area (Å²) in [6.07, 6.45) is 4.40. The second-order valence-electron chi connectivity index (χ2n) is 8.45. The fourth-order valence-electron chi connectivity index (χ4n) is 4.23. The molecule has 0 unspecified atom stereocenters. The van der Waals surface area contributed by atoms with Crippen molar-refractivity contribution in [3.8, 4) is 0 Å².